The molecule has 1 aromatic carbocycles. The highest BCUT2D eigenvalue weighted by Gasteiger charge is 2.30. The number of rotatable bonds is 4. The Morgan fingerprint density at radius 2 is 2.11 bits per heavy atom. The predicted octanol–water partition coefficient (Wildman–Crippen LogP) is 2.73. The number of hydrogen-bond acceptors (Lipinski definition) is 2. The number of nitrogens with one attached hydrogen (secondary N) is 2. The maximum atomic E-state index is 12.5. The molecule has 0 atom stereocenters. The second kappa shape index (κ2) is 4.97. The first kappa shape index (κ1) is 12.9. The second-order valence-corrected chi connectivity index (χ2v) is 4.12. The summed E-state index contributed by atoms with van der Waals surface area (Å²) in [5.74, 6) is 0.722. The molecule has 0 radical (unpaired) electrons. The third-order valence-electron chi connectivity index (χ3n) is 2.70. The van der Waals surface area contributed by atoms with Gasteiger partial charge in [0.1, 0.15) is 5.82 Å². The average Bonchev–Trinajstić information content (AvgIpc) is 2.69. The molecule has 0 unspecified atom stereocenters. The topological polar surface area (TPSA) is 40.7 Å². The molecular weight excluding hydrogens is 243 g/mol. The van der Waals surface area contributed by atoms with E-state index in [0.29, 0.717) is 11.0 Å². The van der Waals surface area contributed by atoms with E-state index in [1.54, 1.807) is 0 Å². The number of nitrogens with zero attached hydrogens (tertiary/aromatic N) is 1. The molecule has 6 heteroatoms. The Morgan fingerprint density at radius 3 is 2.78 bits per heavy atom. The van der Waals surface area contributed by atoms with Gasteiger partial charge in [0.25, 0.3) is 0 Å². The van der Waals surface area contributed by atoms with Gasteiger partial charge >= 0.3 is 6.18 Å². The number of hydrogen-bond donors (Lipinski definition) is 2. The molecule has 0 fully saturated rings. The van der Waals surface area contributed by atoms with Crippen LogP contribution in [0.2, 0.25) is 0 Å². The maximum absolute atomic E-state index is 12.5. The minimum Gasteiger partial charge on any atom is -0.342 e. The molecule has 0 saturated heterocycles. The van der Waals surface area contributed by atoms with Crippen LogP contribution in [0, 0.1) is 0 Å². The minimum absolute atomic E-state index is 0.435. The van der Waals surface area contributed by atoms with Crippen LogP contribution < -0.4 is 5.32 Å². The number of aromatic nitrogens is 2. The van der Waals surface area contributed by atoms with Gasteiger partial charge in [0.05, 0.1) is 16.6 Å². The number of fused-ring (bicyclic) bond motifs is 1. The van der Waals surface area contributed by atoms with Crippen LogP contribution in [0.25, 0.3) is 11.0 Å². The molecule has 3 nitrogen and oxygen atoms in total. The van der Waals surface area contributed by atoms with Crippen LogP contribution in [0.3, 0.4) is 0 Å². The van der Waals surface area contributed by atoms with Crippen LogP contribution in [0.1, 0.15) is 17.8 Å². The van der Waals surface area contributed by atoms with Crippen LogP contribution in [-0.2, 0) is 12.6 Å². The summed E-state index contributed by atoms with van der Waals surface area (Å²) in [7, 11) is 1.86. The van der Waals surface area contributed by atoms with Gasteiger partial charge in [-0.15, -0.1) is 0 Å². The summed E-state index contributed by atoms with van der Waals surface area (Å²) in [6.07, 6.45) is -2.70. The maximum Gasteiger partial charge on any atom is 0.416 e. The van der Waals surface area contributed by atoms with Crippen molar-refractivity contribution in [3.05, 3.63) is 29.6 Å². The summed E-state index contributed by atoms with van der Waals surface area (Å²) in [5, 5.41) is 3.01. The van der Waals surface area contributed by atoms with Crippen LogP contribution >= 0.6 is 0 Å². The zero-order chi connectivity index (χ0) is 13.2. The Balaban J connectivity index is 2.23. The molecule has 1 heterocycles. The first-order valence-corrected chi connectivity index (χ1v) is 5.71. The van der Waals surface area contributed by atoms with Crippen molar-refractivity contribution in [3.63, 3.8) is 0 Å². The molecule has 0 saturated carbocycles. The van der Waals surface area contributed by atoms with Gasteiger partial charge in [-0.05, 0) is 38.2 Å². The summed E-state index contributed by atoms with van der Waals surface area (Å²) in [6.45, 7) is 0.852. The molecule has 0 aliphatic rings. The van der Waals surface area contributed by atoms with Crippen molar-refractivity contribution >= 4 is 11.0 Å². The smallest absolute Gasteiger partial charge is 0.342 e. The lowest BCUT2D eigenvalue weighted by Crippen LogP contribution is -2.08. The molecular formula is C12H14F3N3. The molecule has 0 aliphatic carbocycles. The lowest BCUT2D eigenvalue weighted by atomic mass is 10.2. The Bertz CT molecular complexity index is 531. The summed E-state index contributed by atoms with van der Waals surface area (Å²) < 4.78 is 37.6. The van der Waals surface area contributed by atoms with E-state index in [4.69, 9.17) is 0 Å². The van der Waals surface area contributed by atoms with Crippen molar-refractivity contribution in [2.45, 2.75) is 19.0 Å². The van der Waals surface area contributed by atoms with Crippen molar-refractivity contribution in [2.24, 2.45) is 0 Å². The van der Waals surface area contributed by atoms with E-state index in [0.717, 1.165) is 37.3 Å². The molecule has 2 aromatic rings. The predicted molar refractivity (Wildman–Crippen MR) is 63.3 cm³/mol. The zero-order valence-electron chi connectivity index (χ0n) is 9.93. The number of benzene rings is 1. The quantitative estimate of drug-likeness (QED) is 0.827. The second-order valence-electron chi connectivity index (χ2n) is 4.12. The highest BCUT2D eigenvalue weighted by Crippen LogP contribution is 2.30. The highest BCUT2D eigenvalue weighted by atomic mass is 19.4. The molecule has 1 aromatic heterocycles. The van der Waals surface area contributed by atoms with Gasteiger partial charge in [0, 0.05) is 6.42 Å². The number of aryl methyl sites for hydroxylation is 1. The summed E-state index contributed by atoms with van der Waals surface area (Å²) in [6, 6.07) is 3.56. The fraction of sp³-hybridized carbons (Fsp3) is 0.417. The van der Waals surface area contributed by atoms with Crippen LogP contribution in [-0.4, -0.2) is 23.6 Å². The number of alkyl halides is 3. The van der Waals surface area contributed by atoms with E-state index >= 15 is 0 Å². The fourth-order valence-corrected chi connectivity index (χ4v) is 1.79. The third kappa shape index (κ3) is 2.81. The van der Waals surface area contributed by atoms with Crippen molar-refractivity contribution in [1.82, 2.24) is 15.3 Å². The van der Waals surface area contributed by atoms with Crippen molar-refractivity contribution < 1.29 is 13.2 Å². The Hall–Kier alpha value is -1.56. The van der Waals surface area contributed by atoms with E-state index in [1.165, 1.54) is 6.07 Å². The van der Waals surface area contributed by atoms with Crippen molar-refractivity contribution in [2.75, 3.05) is 13.6 Å². The number of aromatic amines is 1. The Morgan fingerprint density at radius 1 is 1.33 bits per heavy atom. The molecule has 2 N–H and O–H groups in total. The molecule has 0 amide bonds. The monoisotopic (exact) mass is 257 g/mol. The molecule has 0 aliphatic heterocycles. The average molecular weight is 257 g/mol. The minimum atomic E-state index is -4.31. The lowest BCUT2D eigenvalue weighted by molar-refractivity contribution is -0.137. The van der Waals surface area contributed by atoms with Crippen LogP contribution in [0.15, 0.2) is 18.2 Å². The third-order valence-corrected chi connectivity index (χ3v) is 2.70. The SMILES string of the molecule is CNCCCc1nc2ccc(C(F)(F)F)cc2[nH]1. The molecule has 0 bridgehead atoms. The van der Waals surface area contributed by atoms with E-state index in [9.17, 15) is 13.2 Å². The highest BCUT2D eigenvalue weighted by molar-refractivity contribution is 5.76. The first-order valence-electron chi connectivity index (χ1n) is 5.71. The van der Waals surface area contributed by atoms with Gasteiger partial charge in [-0.25, -0.2) is 4.98 Å². The van der Waals surface area contributed by atoms with Crippen molar-refractivity contribution in [1.29, 1.82) is 0 Å². The van der Waals surface area contributed by atoms with Gasteiger partial charge in [-0.1, -0.05) is 0 Å². The summed E-state index contributed by atoms with van der Waals surface area (Å²) in [5.41, 5.74) is 0.354. The van der Waals surface area contributed by atoms with E-state index < -0.39 is 11.7 Å². The molecule has 18 heavy (non-hydrogen) atoms. The molecule has 2 rings (SSSR count). The molecule has 0 spiro atoms. The first-order chi connectivity index (χ1) is 8.50. The summed E-state index contributed by atoms with van der Waals surface area (Å²) >= 11 is 0. The largest absolute Gasteiger partial charge is 0.416 e. The fourth-order valence-electron chi connectivity index (χ4n) is 1.79. The normalized spacial score (nSPS) is 12.2. The van der Waals surface area contributed by atoms with Gasteiger partial charge < -0.3 is 10.3 Å². The number of imidazole rings is 1. The molecule has 98 valence electrons. The zero-order valence-corrected chi connectivity index (χ0v) is 9.93. The summed E-state index contributed by atoms with van der Waals surface area (Å²) in [4.78, 5) is 7.19. The van der Waals surface area contributed by atoms with Crippen LogP contribution in [0.5, 0.6) is 0 Å². The van der Waals surface area contributed by atoms with E-state index in [2.05, 4.69) is 15.3 Å². The van der Waals surface area contributed by atoms with Crippen molar-refractivity contribution in [3.8, 4) is 0 Å². The van der Waals surface area contributed by atoms with Gasteiger partial charge in [0.15, 0.2) is 0 Å². The van der Waals surface area contributed by atoms with Gasteiger partial charge in [0.2, 0.25) is 0 Å². The van der Waals surface area contributed by atoms with Gasteiger partial charge in [-0.2, -0.15) is 13.2 Å². The number of H-pyrrole nitrogens is 1. The van der Waals surface area contributed by atoms with Crippen LogP contribution in [0.4, 0.5) is 13.2 Å². The lowest BCUT2D eigenvalue weighted by Gasteiger charge is -2.05. The standard InChI is InChI=1S/C12H14F3N3/c1-16-6-2-3-11-17-9-5-4-8(12(13,14)15)7-10(9)18-11/h4-5,7,16H,2-3,6H2,1H3,(H,17,18). The Labute approximate surface area is 102 Å². The van der Waals surface area contributed by atoms with E-state index in [-0.39, 0.29) is 0 Å². The Kier molecular flexibility index (Phi) is 3.56. The van der Waals surface area contributed by atoms with E-state index in [1.807, 2.05) is 7.05 Å². The number of halogens is 3. The van der Waals surface area contributed by atoms with Gasteiger partial charge in [-0.3, -0.25) is 0 Å².